The van der Waals surface area contributed by atoms with Gasteiger partial charge < -0.3 is 15.0 Å². The molecule has 0 saturated heterocycles. The third-order valence-corrected chi connectivity index (χ3v) is 3.07. The number of nitrogens with one attached hydrogen (secondary N) is 1. The fourth-order valence-electron chi connectivity index (χ4n) is 2.01. The molecule has 0 fully saturated rings. The van der Waals surface area contributed by atoms with Gasteiger partial charge in [-0.15, -0.1) is 0 Å². The zero-order valence-electron chi connectivity index (χ0n) is 13.1. The van der Waals surface area contributed by atoms with E-state index in [1.54, 1.807) is 6.07 Å². The van der Waals surface area contributed by atoms with E-state index in [0.717, 1.165) is 30.8 Å². The first kappa shape index (κ1) is 16.9. The molecule has 4 heteroatoms. The molecule has 0 radical (unpaired) electrons. The van der Waals surface area contributed by atoms with Crippen molar-refractivity contribution in [1.82, 2.24) is 5.32 Å². The second-order valence-corrected chi connectivity index (χ2v) is 5.29. The lowest BCUT2D eigenvalue weighted by Gasteiger charge is -2.23. The van der Waals surface area contributed by atoms with E-state index < -0.39 is 0 Å². The normalized spacial score (nSPS) is 11.1. The van der Waals surface area contributed by atoms with Crippen molar-refractivity contribution >= 4 is 5.69 Å². The Bertz CT molecular complexity index is 396. The molecule has 0 aliphatic heterocycles. The Balaban J connectivity index is 2.66. The van der Waals surface area contributed by atoms with Gasteiger partial charge in [0.2, 0.25) is 0 Å². The van der Waals surface area contributed by atoms with Gasteiger partial charge in [0.15, 0.2) is 0 Å². The maximum absolute atomic E-state index is 13.4. The lowest BCUT2D eigenvalue weighted by atomic mass is 10.1. The zero-order valence-corrected chi connectivity index (χ0v) is 13.1. The minimum Gasteiger partial charge on any atom is -0.377 e. The van der Waals surface area contributed by atoms with Crippen LogP contribution in [0.1, 0.15) is 32.8 Å². The SMILES string of the molecule is CCCNCc1cc(F)ccc1N(C)CCOC(C)C. The summed E-state index contributed by atoms with van der Waals surface area (Å²) in [6, 6.07) is 4.96. The third kappa shape index (κ3) is 5.88. The smallest absolute Gasteiger partial charge is 0.123 e. The number of anilines is 1. The molecule has 0 saturated carbocycles. The summed E-state index contributed by atoms with van der Waals surface area (Å²) in [4.78, 5) is 2.12. The van der Waals surface area contributed by atoms with Gasteiger partial charge in [-0.25, -0.2) is 4.39 Å². The molecule has 1 rings (SSSR count). The van der Waals surface area contributed by atoms with E-state index in [-0.39, 0.29) is 11.9 Å². The Morgan fingerprint density at radius 3 is 2.75 bits per heavy atom. The Labute approximate surface area is 122 Å². The Morgan fingerprint density at radius 2 is 2.10 bits per heavy atom. The molecular formula is C16H27FN2O. The lowest BCUT2D eigenvalue weighted by Crippen LogP contribution is -2.26. The molecule has 0 unspecified atom stereocenters. The molecule has 0 aliphatic rings. The predicted molar refractivity (Wildman–Crippen MR) is 82.8 cm³/mol. The van der Waals surface area contributed by atoms with E-state index in [4.69, 9.17) is 4.74 Å². The molecule has 1 N–H and O–H groups in total. The first-order valence-corrected chi connectivity index (χ1v) is 7.36. The number of benzene rings is 1. The molecule has 114 valence electrons. The molecule has 1 aromatic carbocycles. The fourth-order valence-corrected chi connectivity index (χ4v) is 2.01. The summed E-state index contributed by atoms with van der Waals surface area (Å²) in [6.45, 7) is 9.27. The number of ether oxygens (including phenoxy) is 1. The second kappa shape index (κ2) is 8.93. The summed E-state index contributed by atoms with van der Waals surface area (Å²) >= 11 is 0. The maximum atomic E-state index is 13.4. The van der Waals surface area contributed by atoms with Crippen LogP contribution in [0.15, 0.2) is 18.2 Å². The largest absolute Gasteiger partial charge is 0.377 e. The van der Waals surface area contributed by atoms with Crippen LogP contribution in [0.5, 0.6) is 0 Å². The van der Waals surface area contributed by atoms with Gasteiger partial charge in [0.25, 0.3) is 0 Å². The van der Waals surface area contributed by atoms with Crippen molar-refractivity contribution in [2.75, 3.05) is 31.6 Å². The van der Waals surface area contributed by atoms with Gasteiger partial charge in [0.05, 0.1) is 12.7 Å². The number of likely N-dealkylation sites (N-methyl/N-ethyl adjacent to an activating group) is 1. The van der Waals surface area contributed by atoms with E-state index in [0.29, 0.717) is 13.2 Å². The molecule has 0 amide bonds. The number of hydrogen-bond acceptors (Lipinski definition) is 3. The Morgan fingerprint density at radius 1 is 1.35 bits per heavy atom. The minimum atomic E-state index is -0.186. The highest BCUT2D eigenvalue weighted by Crippen LogP contribution is 2.20. The van der Waals surface area contributed by atoms with Crippen LogP contribution in [0.3, 0.4) is 0 Å². The van der Waals surface area contributed by atoms with Crippen molar-refractivity contribution in [2.45, 2.75) is 39.8 Å². The summed E-state index contributed by atoms with van der Waals surface area (Å²) < 4.78 is 19.0. The molecule has 0 aliphatic carbocycles. The molecule has 3 nitrogen and oxygen atoms in total. The van der Waals surface area contributed by atoms with E-state index in [2.05, 4.69) is 17.1 Å². The molecule has 0 aromatic heterocycles. The zero-order chi connectivity index (χ0) is 15.0. The van der Waals surface area contributed by atoms with Crippen molar-refractivity contribution < 1.29 is 9.13 Å². The predicted octanol–water partition coefficient (Wildman–Crippen LogP) is 3.19. The number of hydrogen-bond donors (Lipinski definition) is 1. The second-order valence-electron chi connectivity index (χ2n) is 5.29. The minimum absolute atomic E-state index is 0.186. The van der Waals surface area contributed by atoms with Crippen LogP contribution in [0.4, 0.5) is 10.1 Å². The topological polar surface area (TPSA) is 24.5 Å². The highest BCUT2D eigenvalue weighted by atomic mass is 19.1. The summed E-state index contributed by atoms with van der Waals surface area (Å²) in [6.07, 6.45) is 1.31. The van der Waals surface area contributed by atoms with Gasteiger partial charge in [-0.3, -0.25) is 0 Å². The van der Waals surface area contributed by atoms with Crippen LogP contribution in [0, 0.1) is 5.82 Å². The van der Waals surface area contributed by atoms with Crippen molar-refractivity contribution in [3.05, 3.63) is 29.6 Å². The van der Waals surface area contributed by atoms with Crippen molar-refractivity contribution in [3.8, 4) is 0 Å². The number of rotatable bonds is 9. The average molecular weight is 282 g/mol. The summed E-state index contributed by atoms with van der Waals surface area (Å²) in [7, 11) is 2.01. The molecular weight excluding hydrogens is 255 g/mol. The van der Waals surface area contributed by atoms with Gasteiger partial charge >= 0.3 is 0 Å². The molecule has 0 bridgehead atoms. The van der Waals surface area contributed by atoms with Crippen LogP contribution in [0.2, 0.25) is 0 Å². The number of halogens is 1. The van der Waals surface area contributed by atoms with Crippen molar-refractivity contribution in [3.63, 3.8) is 0 Å². The van der Waals surface area contributed by atoms with E-state index >= 15 is 0 Å². The summed E-state index contributed by atoms with van der Waals surface area (Å²) in [5.41, 5.74) is 2.05. The Kier molecular flexibility index (Phi) is 7.55. The third-order valence-electron chi connectivity index (χ3n) is 3.07. The van der Waals surface area contributed by atoms with E-state index in [9.17, 15) is 4.39 Å². The Hall–Kier alpha value is -1.13. The number of nitrogens with zero attached hydrogens (tertiary/aromatic N) is 1. The van der Waals surface area contributed by atoms with Gasteiger partial charge in [-0.2, -0.15) is 0 Å². The quantitative estimate of drug-likeness (QED) is 0.704. The summed E-state index contributed by atoms with van der Waals surface area (Å²) in [5.74, 6) is -0.186. The van der Waals surface area contributed by atoms with Crippen LogP contribution in [-0.4, -0.2) is 32.8 Å². The molecule has 0 heterocycles. The molecule has 0 atom stereocenters. The van der Waals surface area contributed by atoms with Gasteiger partial charge in [0.1, 0.15) is 5.82 Å². The molecule has 1 aromatic rings. The van der Waals surface area contributed by atoms with Crippen LogP contribution in [-0.2, 0) is 11.3 Å². The lowest BCUT2D eigenvalue weighted by molar-refractivity contribution is 0.0846. The van der Waals surface area contributed by atoms with Crippen molar-refractivity contribution in [2.24, 2.45) is 0 Å². The van der Waals surface area contributed by atoms with Gasteiger partial charge in [0, 0.05) is 25.8 Å². The molecule has 0 spiro atoms. The fraction of sp³-hybridized carbons (Fsp3) is 0.625. The standard InChI is InChI=1S/C16H27FN2O/c1-5-8-18-12-14-11-15(17)6-7-16(14)19(4)9-10-20-13(2)3/h6-7,11,13,18H,5,8-10,12H2,1-4H3. The maximum Gasteiger partial charge on any atom is 0.123 e. The monoisotopic (exact) mass is 282 g/mol. The first-order valence-electron chi connectivity index (χ1n) is 7.36. The van der Waals surface area contributed by atoms with Crippen LogP contribution >= 0.6 is 0 Å². The summed E-state index contributed by atoms with van der Waals surface area (Å²) in [5, 5.41) is 3.32. The molecule has 20 heavy (non-hydrogen) atoms. The van der Waals surface area contributed by atoms with E-state index in [1.807, 2.05) is 27.0 Å². The van der Waals surface area contributed by atoms with Gasteiger partial charge in [-0.05, 0) is 50.6 Å². The van der Waals surface area contributed by atoms with E-state index in [1.165, 1.54) is 6.07 Å². The highest BCUT2D eigenvalue weighted by Gasteiger charge is 2.09. The highest BCUT2D eigenvalue weighted by molar-refractivity contribution is 5.53. The van der Waals surface area contributed by atoms with Gasteiger partial charge in [-0.1, -0.05) is 6.92 Å². The first-order chi connectivity index (χ1) is 9.54. The average Bonchev–Trinajstić information content (AvgIpc) is 2.38. The van der Waals surface area contributed by atoms with Crippen LogP contribution in [0.25, 0.3) is 0 Å². The van der Waals surface area contributed by atoms with Crippen LogP contribution < -0.4 is 10.2 Å². The van der Waals surface area contributed by atoms with Crippen molar-refractivity contribution in [1.29, 1.82) is 0 Å².